The molecule has 0 unspecified atom stereocenters. The van der Waals surface area contributed by atoms with Gasteiger partial charge in [-0.3, -0.25) is 14.2 Å². The standard InChI is InChI=1S/C12H16ClN5O/c1-8-9(5-14-18(8)4)6-16(2)12(19)11-10(13)7-17(3)15-11/h5,7H,6H2,1-4H3. The second-order valence-corrected chi connectivity index (χ2v) is 4.95. The van der Waals surface area contributed by atoms with Crippen molar-refractivity contribution in [3.05, 3.63) is 34.4 Å². The molecule has 0 radical (unpaired) electrons. The van der Waals surface area contributed by atoms with Crippen molar-refractivity contribution in [1.29, 1.82) is 0 Å². The van der Waals surface area contributed by atoms with Gasteiger partial charge in [-0.05, 0) is 6.92 Å². The number of aryl methyl sites for hydroxylation is 2. The molecule has 0 aliphatic heterocycles. The van der Waals surface area contributed by atoms with Crippen molar-refractivity contribution < 1.29 is 4.79 Å². The molecular weight excluding hydrogens is 266 g/mol. The van der Waals surface area contributed by atoms with Gasteiger partial charge in [-0.1, -0.05) is 11.6 Å². The molecule has 0 aliphatic rings. The van der Waals surface area contributed by atoms with Crippen molar-refractivity contribution in [3.63, 3.8) is 0 Å². The van der Waals surface area contributed by atoms with Crippen LogP contribution >= 0.6 is 11.6 Å². The summed E-state index contributed by atoms with van der Waals surface area (Å²) in [6, 6.07) is 0. The Kier molecular flexibility index (Phi) is 3.61. The second kappa shape index (κ2) is 5.05. The molecule has 0 N–H and O–H groups in total. The molecule has 19 heavy (non-hydrogen) atoms. The summed E-state index contributed by atoms with van der Waals surface area (Å²) in [5, 5.41) is 8.59. The van der Waals surface area contributed by atoms with Crippen LogP contribution in [0.3, 0.4) is 0 Å². The SMILES string of the molecule is Cc1c(CN(C)C(=O)c2nn(C)cc2Cl)cnn1C. The van der Waals surface area contributed by atoms with Crippen LogP contribution in [0.25, 0.3) is 0 Å². The molecule has 0 bridgehead atoms. The molecule has 0 spiro atoms. The van der Waals surface area contributed by atoms with Crippen molar-refractivity contribution >= 4 is 17.5 Å². The molecule has 0 fully saturated rings. The highest BCUT2D eigenvalue weighted by atomic mass is 35.5. The number of rotatable bonds is 3. The molecule has 0 aliphatic carbocycles. The number of carbonyl (C=O) groups is 1. The summed E-state index contributed by atoms with van der Waals surface area (Å²) in [5.74, 6) is -0.200. The maximum Gasteiger partial charge on any atom is 0.275 e. The first-order chi connectivity index (χ1) is 8.90. The fourth-order valence-corrected chi connectivity index (χ4v) is 2.07. The van der Waals surface area contributed by atoms with Gasteiger partial charge in [-0.25, -0.2) is 0 Å². The van der Waals surface area contributed by atoms with Gasteiger partial charge >= 0.3 is 0 Å². The van der Waals surface area contributed by atoms with Gasteiger partial charge in [0.25, 0.3) is 5.91 Å². The van der Waals surface area contributed by atoms with E-state index in [1.54, 1.807) is 36.1 Å². The van der Waals surface area contributed by atoms with Gasteiger partial charge in [0.15, 0.2) is 5.69 Å². The van der Waals surface area contributed by atoms with Crippen LogP contribution in [-0.2, 0) is 20.6 Å². The Morgan fingerprint density at radius 1 is 1.47 bits per heavy atom. The molecule has 1 amide bonds. The summed E-state index contributed by atoms with van der Waals surface area (Å²) in [5.41, 5.74) is 2.31. The largest absolute Gasteiger partial charge is 0.336 e. The second-order valence-electron chi connectivity index (χ2n) is 4.54. The zero-order chi connectivity index (χ0) is 14.2. The van der Waals surface area contributed by atoms with E-state index in [2.05, 4.69) is 10.2 Å². The average molecular weight is 282 g/mol. The van der Waals surface area contributed by atoms with Gasteiger partial charge in [0.05, 0.1) is 11.2 Å². The van der Waals surface area contributed by atoms with Crippen LogP contribution in [0.15, 0.2) is 12.4 Å². The minimum atomic E-state index is -0.200. The number of aromatic nitrogens is 4. The van der Waals surface area contributed by atoms with E-state index in [0.717, 1.165) is 11.3 Å². The molecule has 0 atom stereocenters. The number of hydrogen-bond acceptors (Lipinski definition) is 3. The third kappa shape index (κ3) is 2.63. The quantitative estimate of drug-likeness (QED) is 0.854. The van der Waals surface area contributed by atoms with E-state index in [4.69, 9.17) is 11.6 Å². The average Bonchev–Trinajstić information content (AvgIpc) is 2.84. The van der Waals surface area contributed by atoms with E-state index >= 15 is 0 Å². The van der Waals surface area contributed by atoms with Gasteiger partial charge in [-0.2, -0.15) is 10.2 Å². The molecule has 0 saturated heterocycles. The van der Waals surface area contributed by atoms with E-state index in [1.165, 1.54) is 4.68 Å². The number of hydrogen-bond donors (Lipinski definition) is 0. The molecule has 102 valence electrons. The van der Waals surface area contributed by atoms with Gasteiger partial charge in [0.2, 0.25) is 0 Å². The molecule has 2 heterocycles. The van der Waals surface area contributed by atoms with E-state index in [-0.39, 0.29) is 11.6 Å². The molecule has 2 rings (SSSR count). The van der Waals surface area contributed by atoms with Crippen LogP contribution in [0.1, 0.15) is 21.7 Å². The maximum absolute atomic E-state index is 12.2. The lowest BCUT2D eigenvalue weighted by Gasteiger charge is -2.15. The lowest BCUT2D eigenvalue weighted by atomic mass is 10.2. The van der Waals surface area contributed by atoms with Gasteiger partial charge in [0.1, 0.15) is 0 Å². The van der Waals surface area contributed by atoms with Crippen molar-refractivity contribution in [2.75, 3.05) is 7.05 Å². The van der Waals surface area contributed by atoms with E-state index in [1.807, 2.05) is 14.0 Å². The number of carbonyl (C=O) groups excluding carboxylic acids is 1. The van der Waals surface area contributed by atoms with Crippen molar-refractivity contribution in [3.8, 4) is 0 Å². The molecule has 6 nitrogen and oxygen atoms in total. The highest BCUT2D eigenvalue weighted by Crippen LogP contribution is 2.16. The smallest absolute Gasteiger partial charge is 0.275 e. The first-order valence-electron chi connectivity index (χ1n) is 5.82. The van der Waals surface area contributed by atoms with Gasteiger partial charge in [0, 0.05) is 45.1 Å². The van der Waals surface area contributed by atoms with Crippen LogP contribution in [-0.4, -0.2) is 37.4 Å². The first-order valence-corrected chi connectivity index (χ1v) is 6.20. The molecule has 0 saturated carbocycles. The fraction of sp³-hybridized carbons (Fsp3) is 0.417. The Morgan fingerprint density at radius 2 is 2.16 bits per heavy atom. The predicted molar refractivity (Wildman–Crippen MR) is 72.0 cm³/mol. The van der Waals surface area contributed by atoms with Crippen LogP contribution < -0.4 is 0 Å². The summed E-state index contributed by atoms with van der Waals surface area (Å²) < 4.78 is 3.31. The molecule has 2 aromatic rings. The zero-order valence-electron chi connectivity index (χ0n) is 11.4. The monoisotopic (exact) mass is 281 g/mol. The third-order valence-electron chi connectivity index (χ3n) is 3.08. The minimum Gasteiger partial charge on any atom is -0.336 e. The normalized spacial score (nSPS) is 10.8. The molecule has 2 aromatic heterocycles. The predicted octanol–water partition coefficient (Wildman–Crippen LogP) is 1.39. The molecular formula is C12H16ClN5O. The zero-order valence-corrected chi connectivity index (χ0v) is 12.1. The lowest BCUT2D eigenvalue weighted by Crippen LogP contribution is -2.27. The van der Waals surface area contributed by atoms with Crippen molar-refractivity contribution in [2.24, 2.45) is 14.1 Å². The Hall–Kier alpha value is -1.82. The van der Waals surface area contributed by atoms with E-state index in [0.29, 0.717) is 11.6 Å². The Bertz CT molecular complexity index is 616. The lowest BCUT2D eigenvalue weighted by molar-refractivity contribution is 0.0778. The van der Waals surface area contributed by atoms with Gasteiger partial charge in [-0.15, -0.1) is 0 Å². The summed E-state index contributed by atoms with van der Waals surface area (Å²) in [6.45, 7) is 2.44. The molecule has 7 heteroatoms. The number of halogens is 1. The Morgan fingerprint density at radius 3 is 2.63 bits per heavy atom. The summed E-state index contributed by atoms with van der Waals surface area (Å²) in [4.78, 5) is 13.8. The van der Waals surface area contributed by atoms with Gasteiger partial charge < -0.3 is 4.90 Å². The summed E-state index contributed by atoms with van der Waals surface area (Å²) in [7, 11) is 5.32. The Labute approximate surface area is 116 Å². The van der Waals surface area contributed by atoms with Crippen LogP contribution in [0.4, 0.5) is 0 Å². The van der Waals surface area contributed by atoms with E-state index in [9.17, 15) is 4.79 Å². The highest BCUT2D eigenvalue weighted by molar-refractivity contribution is 6.33. The minimum absolute atomic E-state index is 0.200. The number of amides is 1. The Balaban J connectivity index is 2.16. The topological polar surface area (TPSA) is 56.0 Å². The highest BCUT2D eigenvalue weighted by Gasteiger charge is 2.20. The van der Waals surface area contributed by atoms with Crippen LogP contribution in [0, 0.1) is 6.92 Å². The summed E-state index contributed by atoms with van der Waals surface area (Å²) in [6.07, 6.45) is 3.37. The van der Waals surface area contributed by atoms with Crippen LogP contribution in [0.2, 0.25) is 5.02 Å². The number of nitrogens with zero attached hydrogens (tertiary/aromatic N) is 5. The van der Waals surface area contributed by atoms with Crippen molar-refractivity contribution in [1.82, 2.24) is 24.5 Å². The third-order valence-corrected chi connectivity index (χ3v) is 3.35. The molecule has 0 aromatic carbocycles. The van der Waals surface area contributed by atoms with Crippen LogP contribution in [0.5, 0.6) is 0 Å². The maximum atomic E-state index is 12.2. The first kappa shape index (κ1) is 13.6. The van der Waals surface area contributed by atoms with Crippen molar-refractivity contribution in [2.45, 2.75) is 13.5 Å². The summed E-state index contributed by atoms with van der Waals surface area (Å²) >= 11 is 5.98. The fourth-order valence-electron chi connectivity index (χ4n) is 1.81. The van der Waals surface area contributed by atoms with E-state index < -0.39 is 0 Å².